The minimum Gasteiger partial charge on any atom is -0.388 e. The molecule has 0 saturated carbocycles. The molecule has 1 aromatic rings. The molecule has 0 aliphatic carbocycles. The summed E-state index contributed by atoms with van der Waals surface area (Å²) in [5.41, 5.74) is 1.16. The first-order valence-electron chi connectivity index (χ1n) is 5.37. The lowest BCUT2D eigenvalue weighted by molar-refractivity contribution is 0.520. The van der Waals surface area contributed by atoms with Crippen molar-refractivity contribution in [1.82, 2.24) is 5.32 Å². The van der Waals surface area contributed by atoms with E-state index in [9.17, 15) is 0 Å². The molecule has 0 amide bonds. The van der Waals surface area contributed by atoms with Gasteiger partial charge in [-0.05, 0) is 38.1 Å². The molecule has 1 heterocycles. The van der Waals surface area contributed by atoms with E-state index >= 15 is 0 Å². The Hall–Kier alpha value is -1.02. The second-order valence-corrected chi connectivity index (χ2v) is 3.43. The van der Waals surface area contributed by atoms with Gasteiger partial charge in [0.2, 0.25) is 0 Å². The lowest BCUT2D eigenvalue weighted by Gasteiger charge is -2.08. The molecule has 0 unspecified atom stereocenters. The summed E-state index contributed by atoms with van der Waals surface area (Å²) < 4.78 is 0. The molecule has 0 radical (unpaired) electrons. The molecule has 2 nitrogen and oxygen atoms in total. The van der Waals surface area contributed by atoms with Crippen molar-refractivity contribution in [3.05, 3.63) is 30.3 Å². The van der Waals surface area contributed by atoms with Gasteiger partial charge in [-0.2, -0.15) is 0 Å². The lowest BCUT2D eigenvalue weighted by atomic mass is 10.2. The van der Waals surface area contributed by atoms with Crippen molar-refractivity contribution in [3.8, 4) is 0 Å². The predicted molar refractivity (Wildman–Crippen MR) is 62.7 cm³/mol. The summed E-state index contributed by atoms with van der Waals surface area (Å²) in [6, 6.07) is 10.1. The van der Waals surface area contributed by atoms with Crippen molar-refractivity contribution in [2.24, 2.45) is 0 Å². The maximum absolute atomic E-state index is 3.28. The van der Waals surface area contributed by atoms with Crippen LogP contribution in [0.3, 0.4) is 0 Å². The van der Waals surface area contributed by atoms with E-state index in [4.69, 9.17) is 0 Å². The normalized spacial score (nSPS) is 15.2. The number of benzene rings is 1. The molecule has 0 spiro atoms. The Morgan fingerprint density at radius 2 is 1.64 bits per heavy atom. The summed E-state index contributed by atoms with van der Waals surface area (Å²) in [7, 11) is 1.91. The van der Waals surface area contributed by atoms with Crippen molar-refractivity contribution < 1.29 is 0 Å². The van der Waals surface area contributed by atoms with Crippen molar-refractivity contribution in [2.45, 2.75) is 19.3 Å². The summed E-state index contributed by atoms with van der Waals surface area (Å²) >= 11 is 0. The van der Waals surface area contributed by atoms with Crippen LogP contribution in [-0.4, -0.2) is 20.1 Å². The SMILES string of the molecule is C1CCNCC1.CNc1ccccc1. The van der Waals surface area contributed by atoms with Gasteiger partial charge < -0.3 is 10.6 Å². The van der Waals surface area contributed by atoms with Gasteiger partial charge in [-0.25, -0.2) is 0 Å². The Labute approximate surface area is 86.7 Å². The van der Waals surface area contributed by atoms with Gasteiger partial charge >= 0.3 is 0 Å². The lowest BCUT2D eigenvalue weighted by Crippen LogP contribution is -2.21. The molecule has 2 heteroatoms. The monoisotopic (exact) mass is 192 g/mol. The van der Waals surface area contributed by atoms with Gasteiger partial charge in [0, 0.05) is 12.7 Å². The summed E-state index contributed by atoms with van der Waals surface area (Å²) in [4.78, 5) is 0. The van der Waals surface area contributed by atoms with Crippen LogP contribution in [0.5, 0.6) is 0 Å². The van der Waals surface area contributed by atoms with Crippen molar-refractivity contribution in [2.75, 3.05) is 25.5 Å². The number of rotatable bonds is 1. The number of para-hydroxylation sites is 1. The van der Waals surface area contributed by atoms with Crippen LogP contribution in [0.2, 0.25) is 0 Å². The van der Waals surface area contributed by atoms with Crippen LogP contribution in [0.15, 0.2) is 30.3 Å². The summed E-state index contributed by atoms with van der Waals surface area (Å²) in [5, 5.41) is 6.31. The third-order valence-corrected chi connectivity index (χ3v) is 2.27. The van der Waals surface area contributed by atoms with Crippen LogP contribution in [-0.2, 0) is 0 Å². The molecule has 2 N–H and O–H groups in total. The van der Waals surface area contributed by atoms with E-state index in [2.05, 4.69) is 10.6 Å². The van der Waals surface area contributed by atoms with Gasteiger partial charge in [0.05, 0.1) is 0 Å². The molecule has 1 aliphatic rings. The quantitative estimate of drug-likeness (QED) is 0.714. The van der Waals surface area contributed by atoms with E-state index in [1.807, 2.05) is 37.4 Å². The second-order valence-electron chi connectivity index (χ2n) is 3.43. The fourth-order valence-corrected chi connectivity index (χ4v) is 1.41. The van der Waals surface area contributed by atoms with Crippen LogP contribution in [0.25, 0.3) is 0 Å². The van der Waals surface area contributed by atoms with Gasteiger partial charge in [-0.3, -0.25) is 0 Å². The van der Waals surface area contributed by atoms with Crippen molar-refractivity contribution in [1.29, 1.82) is 0 Å². The van der Waals surface area contributed by atoms with Crippen LogP contribution >= 0.6 is 0 Å². The molecule has 1 fully saturated rings. The fourth-order valence-electron chi connectivity index (χ4n) is 1.41. The Morgan fingerprint density at radius 3 is 1.93 bits per heavy atom. The van der Waals surface area contributed by atoms with E-state index in [0.717, 1.165) is 5.69 Å². The average Bonchev–Trinajstić information content (AvgIpc) is 2.33. The van der Waals surface area contributed by atoms with Gasteiger partial charge in [0.1, 0.15) is 0 Å². The van der Waals surface area contributed by atoms with E-state index in [1.54, 1.807) is 0 Å². The van der Waals surface area contributed by atoms with Crippen molar-refractivity contribution in [3.63, 3.8) is 0 Å². The van der Waals surface area contributed by atoms with Crippen LogP contribution in [0.4, 0.5) is 5.69 Å². The molecular weight excluding hydrogens is 172 g/mol. The fraction of sp³-hybridized carbons (Fsp3) is 0.500. The maximum Gasteiger partial charge on any atom is 0.0337 e. The highest BCUT2D eigenvalue weighted by Crippen LogP contribution is 2.01. The zero-order valence-corrected chi connectivity index (χ0v) is 8.92. The number of nitrogens with one attached hydrogen (secondary N) is 2. The van der Waals surface area contributed by atoms with E-state index in [0.29, 0.717) is 0 Å². The highest BCUT2D eigenvalue weighted by atomic mass is 14.9. The Kier molecular flexibility index (Phi) is 5.84. The van der Waals surface area contributed by atoms with Gasteiger partial charge in [0.15, 0.2) is 0 Å². The Bertz CT molecular complexity index is 206. The van der Waals surface area contributed by atoms with E-state index in [-0.39, 0.29) is 0 Å². The molecule has 14 heavy (non-hydrogen) atoms. The summed E-state index contributed by atoms with van der Waals surface area (Å²) in [6.45, 7) is 2.50. The zero-order chi connectivity index (χ0) is 10.1. The van der Waals surface area contributed by atoms with Gasteiger partial charge in [-0.15, -0.1) is 0 Å². The third-order valence-electron chi connectivity index (χ3n) is 2.27. The number of hydrogen-bond donors (Lipinski definition) is 2. The highest BCUT2D eigenvalue weighted by molar-refractivity contribution is 5.41. The molecule has 0 aromatic heterocycles. The summed E-state index contributed by atoms with van der Waals surface area (Å²) in [6.07, 6.45) is 4.22. The zero-order valence-electron chi connectivity index (χ0n) is 8.92. The minimum absolute atomic E-state index is 1.16. The van der Waals surface area contributed by atoms with Crippen LogP contribution < -0.4 is 10.6 Å². The number of hydrogen-bond acceptors (Lipinski definition) is 2. The molecule has 0 bridgehead atoms. The Morgan fingerprint density at radius 1 is 1.00 bits per heavy atom. The smallest absolute Gasteiger partial charge is 0.0337 e. The van der Waals surface area contributed by atoms with E-state index < -0.39 is 0 Å². The van der Waals surface area contributed by atoms with Gasteiger partial charge in [0.25, 0.3) is 0 Å². The van der Waals surface area contributed by atoms with E-state index in [1.165, 1.54) is 32.4 Å². The molecule has 78 valence electrons. The maximum atomic E-state index is 3.28. The number of piperidine rings is 1. The van der Waals surface area contributed by atoms with Gasteiger partial charge in [-0.1, -0.05) is 24.6 Å². The topological polar surface area (TPSA) is 24.1 Å². The standard InChI is InChI=1S/C7H9N.C5H11N/c1-8-7-5-3-2-4-6-7;1-2-4-6-5-3-1/h2-6,8H,1H3;6H,1-5H2. The first-order chi connectivity index (χ1) is 6.93. The largest absolute Gasteiger partial charge is 0.388 e. The molecule has 1 saturated heterocycles. The van der Waals surface area contributed by atoms with Crippen molar-refractivity contribution >= 4 is 5.69 Å². The van der Waals surface area contributed by atoms with Crippen LogP contribution in [0, 0.1) is 0 Å². The first-order valence-corrected chi connectivity index (χ1v) is 5.37. The molecule has 0 atom stereocenters. The molecule has 2 rings (SSSR count). The summed E-state index contributed by atoms with van der Waals surface area (Å²) in [5.74, 6) is 0. The minimum atomic E-state index is 1.16. The Balaban J connectivity index is 0.000000146. The third kappa shape index (κ3) is 4.87. The number of anilines is 1. The molecular formula is C12H20N2. The second kappa shape index (κ2) is 7.39. The highest BCUT2D eigenvalue weighted by Gasteiger charge is 1.93. The molecule has 1 aliphatic heterocycles. The first kappa shape index (κ1) is 11.1. The average molecular weight is 192 g/mol. The predicted octanol–water partition coefficient (Wildman–Crippen LogP) is 2.49. The molecule has 1 aromatic carbocycles. The van der Waals surface area contributed by atoms with Crippen LogP contribution in [0.1, 0.15) is 19.3 Å².